The average Bonchev–Trinajstić information content (AvgIpc) is 3.28. The van der Waals surface area contributed by atoms with Gasteiger partial charge >= 0.3 is 5.69 Å². The third-order valence-electron chi connectivity index (χ3n) is 5.86. The SMILES string of the molecule is COc1cc2ncc3c(c2cc1-c1cn(C)nc1C)n(-c1c(F)cncc1OC(C)F)c(=O)n3C. The zero-order chi connectivity index (χ0) is 25.0. The molecule has 1 aromatic carbocycles. The van der Waals surface area contributed by atoms with E-state index in [1.165, 1.54) is 21.5 Å². The first-order valence-electron chi connectivity index (χ1n) is 10.7. The Kier molecular flexibility index (Phi) is 5.27. The molecule has 0 saturated carbocycles. The Morgan fingerprint density at radius 3 is 2.51 bits per heavy atom. The lowest BCUT2D eigenvalue weighted by atomic mass is 10.0. The van der Waals surface area contributed by atoms with Crippen molar-refractivity contribution in [1.82, 2.24) is 28.9 Å². The number of pyridine rings is 2. The molecule has 11 heteroatoms. The maximum absolute atomic E-state index is 15.1. The van der Waals surface area contributed by atoms with E-state index in [1.807, 2.05) is 26.2 Å². The summed E-state index contributed by atoms with van der Waals surface area (Å²) < 4.78 is 43.9. The lowest BCUT2D eigenvalue weighted by molar-refractivity contribution is 0.0851. The molecule has 0 N–H and O–H groups in total. The number of alkyl halides is 1. The predicted octanol–water partition coefficient (Wildman–Crippen LogP) is 3.82. The van der Waals surface area contributed by atoms with Crippen molar-refractivity contribution in [2.24, 2.45) is 14.1 Å². The van der Waals surface area contributed by atoms with Gasteiger partial charge in [-0.05, 0) is 13.0 Å². The van der Waals surface area contributed by atoms with Gasteiger partial charge in [0.25, 0.3) is 0 Å². The molecule has 0 radical (unpaired) electrons. The zero-order valence-corrected chi connectivity index (χ0v) is 19.7. The Balaban J connectivity index is 1.93. The molecule has 0 aliphatic rings. The van der Waals surface area contributed by atoms with Crippen LogP contribution in [0, 0.1) is 12.7 Å². The third-order valence-corrected chi connectivity index (χ3v) is 5.86. The number of benzene rings is 1. The molecule has 1 atom stereocenters. The summed E-state index contributed by atoms with van der Waals surface area (Å²) in [4.78, 5) is 21.7. The van der Waals surface area contributed by atoms with E-state index < -0.39 is 17.9 Å². The van der Waals surface area contributed by atoms with Crippen LogP contribution in [-0.2, 0) is 14.1 Å². The van der Waals surface area contributed by atoms with Crippen molar-refractivity contribution in [1.29, 1.82) is 0 Å². The molecule has 0 spiro atoms. The number of aromatic nitrogens is 6. The number of hydrogen-bond acceptors (Lipinski definition) is 6. The van der Waals surface area contributed by atoms with Crippen LogP contribution in [0.15, 0.2) is 41.7 Å². The molecule has 180 valence electrons. The van der Waals surface area contributed by atoms with Gasteiger partial charge in [-0.2, -0.15) is 5.10 Å². The monoisotopic (exact) mass is 480 g/mol. The van der Waals surface area contributed by atoms with Crippen LogP contribution >= 0.6 is 0 Å². The summed E-state index contributed by atoms with van der Waals surface area (Å²) in [6, 6.07) is 3.59. The Bertz CT molecular complexity index is 1670. The number of imidazole rings is 1. The number of halogens is 2. The first-order chi connectivity index (χ1) is 16.7. The summed E-state index contributed by atoms with van der Waals surface area (Å²) in [5.41, 5.74) is 2.92. The Morgan fingerprint density at radius 1 is 1.09 bits per heavy atom. The van der Waals surface area contributed by atoms with Gasteiger partial charge in [0.2, 0.25) is 6.36 Å². The molecule has 5 rings (SSSR count). The molecule has 9 nitrogen and oxygen atoms in total. The summed E-state index contributed by atoms with van der Waals surface area (Å²) in [6.45, 7) is 3.04. The van der Waals surface area contributed by atoms with Crippen LogP contribution in [0.4, 0.5) is 8.78 Å². The zero-order valence-electron chi connectivity index (χ0n) is 19.7. The molecule has 0 saturated heterocycles. The summed E-state index contributed by atoms with van der Waals surface area (Å²) in [7, 11) is 4.93. The van der Waals surface area contributed by atoms with Gasteiger partial charge in [-0.1, -0.05) is 0 Å². The van der Waals surface area contributed by atoms with Crippen LogP contribution in [0.1, 0.15) is 12.6 Å². The van der Waals surface area contributed by atoms with Crippen LogP contribution in [0.5, 0.6) is 11.5 Å². The highest BCUT2D eigenvalue weighted by Gasteiger charge is 2.24. The summed E-state index contributed by atoms with van der Waals surface area (Å²) in [5.74, 6) is -0.466. The fraction of sp³-hybridized carbons (Fsp3) is 0.250. The molecule has 0 aliphatic heterocycles. The minimum Gasteiger partial charge on any atom is -0.496 e. The number of rotatable bonds is 5. The molecule has 35 heavy (non-hydrogen) atoms. The largest absolute Gasteiger partial charge is 0.496 e. The second kappa shape index (κ2) is 8.19. The van der Waals surface area contributed by atoms with Crippen LogP contribution in [-0.4, -0.2) is 42.4 Å². The van der Waals surface area contributed by atoms with Gasteiger partial charge in [0, 0.05) is 49.8 Å². The van der Waals surface area contributed by atoms with E-state index in [1.54, 1.807) is 24.9 Å². The van der Waals surface area contributed by atoms with Crippen molar-refractivity contribution in [3.63, 3.8) is 0 Å². The summed E-state index contributed by atoms with van der Waals surface area (Å²) >= 11 is 0. The van der Waals surface area contributed by atoms with Crippen molar-refractivity contribution in [3.8, 4) is 28.3 Å². The van der Waals surface area contributed by atoms with E-state index in [0.717, 1.165) is 29.9 Å². The number of aryl methyl sites for hydroxylation is 3. The molecule has 0 fully saturated rings. The molecule has 5 aromatic rings. The first-order valence-corrected chi connectivity index (χ1v) is 10.7. The van der Waals surface area contributed by atoms with E-state index in [4.69, 9.17) is 9.47 Å². The van der Waals surface area contributed by atoms with Crippen molar-refractivity contribution in [3.05, 3.63) is 58.9 Å². The fourth-order valence-corrected chi connectivity index (χ4v) is 4.36. The van der Waals surface area contributed by atoms with Gasteiger partial charge in [0.1, 0.15) is 11.4 Å². The fourth-order valence-electron chi connectivity index (χ4n) is 4.36. The summed E-state index contributed by atoms with van der Waals surface area (Å²) in [5, 5.41) is 4.98. The normalized spacial score (nSPS) is 12.4. The molecular weight excluding hydrogens is 458 g/mol. The first kappa shape index (κ1) is 22.5. The predicted molar refractivity (Wildman–Crippen MR) is 126 cm³/mol. The van der Waals surface area contributed by atoms with Gasteiger partial charge in [-0.3, -0.25) is 23.8 Å². The second-order valence-electron chi connectivity index (χ2n) is 8.17. The van der Waals surface area contributed by atoms with E-state index in [2.05, 4.69) is 15.1 Å². The molecule has 0 aliphatic carbocycles. The smallest absolute Gasteiger partial charge is 0.333 e. The van der Waals surface area contributed by atoms with Gasteiger partial charge < -0.3 is 9.47 Å². The van der Waals surface area contributed by atoms with Gasteiger partial charge in [-0.15, -0.1) is 0 Å². The standard InChI is InChI=1S/C24H22F2N6O3/c1-12-16(11-30(3)29-12)14-6-15-18(7-20(14)34-5)28-9-19-22(15)32(24(33)31(19)4)23-17(26)8-27-10-21(23)35-13(2)25/h6-11,13H,1-5H3. The highest BCUT2D eigenvalue weighted by Crippen LogP contribution is 2.38. The average molecular weight is 480 g/mol. The van der Waals surface area contributed by atoms with Crippen molar-refractivity contribution < 1.29 is 18.3 Å². The number of fused-ring (bicyclic) bond motifs is 3. The third kappa shape index (κ3) is 3.50. The van der Waals surface area contributed by atoms with E-state index >= 15 is 4.39 Å². The maximum Gasteiger partial charge on any atom is 0.333 e. The van der Waals surface area contributed by atoms with E-state index in [-0.39, 0.29) is 11.4 Å². The van der Waals surface area contributed by atoms with Gasteiger partial charge in [0.05, 0.1) is 47.9 Å². The minimum atomic E-state index is -1.74. The lowest BCUT2D eigenvalue weighted by Gasteiger charge is -2.14. The molecule has 4 aromatic heterocycles. The lowest BCUT2D eigenvalue weighted by Crippen LogP contribution is -2.23. The van der Waals surface area contributed by atoms with Crippen LogP contribution in [0.3, 0.4) is 0 Å². The highest BCUT2D eigenvalue weighted by molar-refractivity contribution is 6.06. The highest BCUT2D eigenvalue weighted by atomic mass is 19.1. The molecule has 0 bridgehead atoms. The minimum absolute atomic E-state index is 0.198. The number of methoxy groups -OCH3 is 1. The number of ether oxygens (including phenoxy) is 2. The maximum atomic E-state index is 15.1. The summed E-state index contributed by atoms with van der Waals surface area (Å²) in [6.07, 6.45) is 3.78. The number of hydrogen-bond donors (Lipinski definition) is 0. The Hall–Kier alpha value is -4.28. The molecular formula is C24H22F2N6O3. The van der Waals surface area contributed by atoms with Crippen molar-refractivity contribution in [2.45, 2.75) is 20.2 Å². The van der Waals surface area contributed by atoms with Gasteiger partial charge in [0.15, 0.2) is 11.6 Å². The van der Waals surface area contributed by atoms with E-state index in [0.29, 0.717) is 27.7 Å². The van der Waals surface area contributed by atoms with E-state index in [9.17, 15) is 9.18 Å². The molecule has 0 amide bonds. The Morgan fingerprint density at radius 2 is 1.86 bits per heavy atom. The molecule has 4 heterocycles. The molecule has 1 unspecified atom stereocenters. The van der Waals surface area contributed by atoms with Crippen molar-refractivity contribution in [2.75, 3.05) is 7.11 Å². The van der Waals surface area contributed by atoms with Gasteiger partial charge in [-0.25, -0.2) is 13.6 Å². The van der Waals surface area contributed by atoms with Crippen LogP contribution in [0.2, 0.25) is 0 Å². The number of nitrogens with zero attached hydrogens (tertiary/aromatic N) is 6. The van der Waals surface area contributed by atoms with Crippen LogP contribution in [0.25, 0.3) is 38.8 Å². The Labute approximate surface area is 198 Å². The quantitative estimate of drug-likeness (QED) is 0.380. The van der Waals surface area contributed by atoms with Crippen LogP contribution < -0.4 is 15.2 Å². The topological polar surface area (TPSA) is 89.0 Å². The van der Waals surface area contributed by atoms with Crippen molar-refractivity contribution >= 4 is 21.9 Å². The second-order valence-corrected chi connectivity index (χ2v) is 8.17.